The summed E-state index contributed by atoms with van der Waals surface area (Å²) in [6, 6.07) is 12.0. The molecule has 0 fully saturated rings. The molecule has 3 amide bonds. The number of carbonyl (C=O) groups is 4. The third kappa shape index (κ3) is 4.89. The van der Waals surface area contributed by atoms with Crippen LogP contribution in [0.25, 0.3) is 0 Å². The molecule has 0 N–H and O–H groups in total. The summed E-state index contributed by atoms with van der Waals surface area (Å²) in [5.74, 6) is -2.76. The average molecular weight is 769 g/mol. The van der Waals surface area contributed by atoms with E-state index in [0.29, 0.717) is 32.9 Å². The van der Waals surface area contributed by atoms with Gasteiger partial charge in [-0.15, -0.1) is 0 Å². The predicted molar refractivity (Wildman–Crippen MR) is 146 cm³/mol. The van der Waals surface area contributed by atoms with Crippen LogP contribution in [0.3, 0.4) is 0 Å². The number of ketones is 1. The highest BCUT2D eigenvalue weighted by molar-refractivity contribution is 9.15. The van der Waals surface area contributed by atoms with Gasteiger partial charge in [-0.3, -0.25) is 19.2 Å². The SMILES string of the molecule is O=C(CN(C(=O)c1ccc(Cl)cc1)N1C(=O)c2c(Br)c(Br)c(Br)c(Br)c2C1=O)c1ccc(Cl)cc1. The number of carbonyl (C=O) groups excluding carboxylic acids is 4. The Morgan fingerprint density at radius 1 is 0.686 bits per heavy atom. The van der Waals surface area contributed by atoms with Gasteiger partial charge >= 0.3 is 0 Å². The van der Waals surface area contributed by atoms with Crippen LogP contribution in [0.4, 0.5) is 0 Å². The number of hydrazine groups is 1. The van der Waals surface area contributed by atoms with Gasteiger partial charge in [-0.25, -0.2) is 5.01 Å². The maximum atomic E-state index is 13.5. The Bertz CT molecular complexity index is 1370. The number of amides is 3. The molecule has 0 saturated heterocycles. The lowest BCUT2D eigenvalue weighted by Crippen LogP contribution is -2.51. The van der Waals surface area contributed by atoms with Crippen molar-refractivity contribution in [1.29, 1.82) is 0 Å². The number of rotatable bonds is 5. The molecule has 0 bridgehead atoms. The fraction of sp³-hybridized carbons (Fsp3) is 0.0435. The van der Waals surface area contributed by atoms with Crippen molar-refractivity contribution in [2.45, 2.75) is 0 Å². The number of benzene rings is 3. The summed E-state index contributed by atoms with van der Waals surface area (Å²) in [5, 5.41) is 2.35. The monoisotopic (exact) mass is 764 g/mol. The third-order valence-electron chi connectivity index (χ3n) is 5.11. The van der Waals surface area contributed by atoms with E-state index in [0.717, 1.165) is 5.01 Å². The Morgan fingerprint density at radius 2 is 1.09 bits per heavy atom. The van der Waals surface area contributed by atoms with Crippen LogP contribution in [0.5, 0.6) is 0 Å². The van der Waals surface area contributed by atoms with Gasteiger partial charge < -0.3 is 0 Å². The first-order valence-corrected chi connectivity index (χ1v) is 13.6. The molecule has 0 aromatic heterocycles. The Morgan fingerprint density at radius 3 is 1.51 bits per heavy atom. The topological polar surface area (TPSA) is 74.8 Å². The van der Waals surface area contributed by atoms with Gasteiger partial charge in [0.1, 0.15) is 6.54 Å². The van der Waals surface area contributed by atoms with E-state index in [1.54, 1.807) is 0 Å². The molecule has 0 saturated carbocycles. The molecule has 0 radical (unpaired) electrons. The van der Waals surface area contributed by atoms with Crippen LogP contribution in [0.2, 0.25) is 10.0 Å². The van der Waals surface area contributed by atoms with E-state index in [-0.39, 0.29) is 22.3 Å². The summed E-state index contributed by atoms with van der Waals surface area (Å²) in [6.07, 6.45) is 0. The van der Waals surface area contributed by atoms with Crippen LogP contribution < -0.4 is 0 Å². The van der Waals surface area contributed by atoms with Crippen LogP contribution >= 0.6 is 86.9 Å². The third-order valence-corrected chi connectivity index (χ3v) is 10.4. The van der Waals surface area contributed by atoms with Gasteiger partial charge in [0.25, 0.3) is 17.7 Å². The van der Waals surface area contributed by atoms with E-state index in [1.807, 2.05) is 0 Å². The smallest absolute Gasteiger partial charge is 0.282 e. The van der Waals surface area contributed by atoms with E-state index >= 15 is 0 Å². The Kier molecular flexibility index (Phi) is 7.90. The summed E-state index contributed by atoms with van der Waals surface area (Å²) in [6.45, 7) is -0.577. The first-order chi connectivity index (χ1) is 16.5. The Balaban J connectivity index is 1.81. The summed E-state index contributed by atoms with van der Waals surface area (Å²) in [7, 11) is 0. The van der Waals surface area contributed by atoms with E-state index in [2.05, 4.69) is 63.7 Å². The maximum absolute atomic E-state index is 13.5. The molecule has 4 rings (SSSR count). The maximum Gasteiger partial charge on any atom is 0.282 e. The Hall–Kier alpha value is -1.56. The molecule has 3 aromatic carbocycles. The van der Waals surface area contributed by atoms with E-state index in [9.17, 15) is 19.2 Å². The lowest BCUT2D eigenvalue weighted by molar-refractivity contribution is 0.00527. The lowest BCUT2D eigenvalue weighted by Gasteiger charge is -2.29. The number of fused-ring (bicyclic) bond motifs is 1. The van der Waals surface area contributed by atoms with Gasteiger partial charge in [-0.2, -0.15) is 5.01 Å². The number of halogens is 6. The van der Waals surface area contributed by atoms with Gasteiger partial charge in [0.2, 0.25) is 0 Å². The molecule has 1 heterocycles. The van der Waals surface area contributed by atoms with E-state index < -0.39 is 30.0 Å². The molecule has 12 heteroatoms. The summed E-state index contributed by atoms with van der Waals surface area (Å²) < 4.78 is 1.65. The van der Waals surface area contributed by atoms with Crippen LogP contribution in [-0.2, 0) is 0 Å². The van der Waals surface area contributed by atoms with Crippen LogP contribution in [0.1, 0.15) is 41.4 Å². The minimum absolute atomic E-state index is 0.0461. The zero-order valence-corrected chi connectivity index (χ0v) is 25.0. The molecule has 0 spiro atoms. The van der Waals surface area contributed by atoms with Gasteiger partial charge in [-0.05, 0) is 112 Å². The molecule has 35 heavy (non-hydrogen) atoms. The highest BCUT2D eigenvalue weighted by atomic mass is 79.9. The van der Waals surface area contributed by atoms with Crippen molar-refractivity contribution in [3.05, 3.63) is 98.7 Å². The standard InChI is InChI=1S/C23H10Br4Cl2N2O4/c24-17-15-16(18(25)20(27)19(17)26)23(35)31(22(15)34)30(21(33)11-3-7-13(29)8-4-11)9-14(32)10-1-5-12(28)6-2-10/h1-8H,9H2. The van der Waals surface area contributed by atoms with Gasteiger partial charge in [0, 0.05) is 39.1 Å². The fourth-order valence-electron chi connectivity index (χ4n) is 3.39. The molecule has 3 aromatic rings. The summed E-state index contributed by atoms with van der Waals surface area (Å²) >= 11 is 25.3. The van der Waals surface area contributed by atoms with Crippen molar-refractivity contribution in [2.75, 3.05) is 6.54 Å². The van der Waals surface area contributed by atoms with E-state index in [4.69, 9.17) is 23.2 Å². The highest BCUT2D eigenvalue weighted by Gasteiger charge is 2.46. The van der Waals surface area contributed by atoms with Crippen molar-refractivity contribution < 1.29 is 19.2 Å². The molecule has 0 aliphatic carbocycles. The van der Waals surface area contributed by atoms with Gasteiger partial charge in [0.15, 0.2) is 5.78 Å². The number of Topliss-reactive ketones (excluding diaryl/α,β-unsaturated/α-hetero) is 1. The quantitative estimate of drug-likeness (QED) is 0.116. The lowest BCUT2D eigenvalue weighted by atomic mass is 10.1. The van der Waals surface area contributed by atoms with E-state index in [1.165, 1.54) is 48.5 Å². The Labute approximate surface area is 243 Å². The van der Waals surface area contributed by atoms with Crippen LogP contribution in [-0.4, -0.2) is 40.1 Å². The van der Waals surface area contributed by atoms with Crippen LogP contribution in [0.15, 0.2) is 66.4 Å². The minimum atomic E-state index is -0.767. The van der Waals surface area contributed by atoms with Crippen molar-refractivity contribution in [3.63, 3.8) is 0 Å². The molecule has 1 aliphatic rings. The largest absolute Gasteiger partial charge is 0.292 e. The second kappa shape index (κ2) is 10.4. The predicted octanol–water partition coefficient (Wildman–Crippen LogP) is 7.58. The molecule has 1 aliphatic heterocycles. The number of hydrogen-bond donors (Lipinski definition) is 0. The minimum Gasteiger partial charge on any atom is -0.292 e. The number of imide groups is 1. The van der Waals surface area contributed by atoms with Crippen molar-refractivity contribution >= 4 is 110 Å². The summed E-state index contributed by atoms with van der Waals surface area (Å²) in [5.41, 5.74) is 0.484. The molecule has 178 valence electrons. The second-order valence-corrected chi connectivity index (χ2v) is 11.3. The van der Waals surface area contributed by atoms with Crippen LogP contribution in [0, 0.1) is 0 Å². The van der Waals surface area contributed by atoms with Gasteiger partial charge in [-0.1, -0.05) is 23.2 Å². The molecular weight excluding hydrogens is 759 g/mol. The number of nitrogens with zero attached hydrogens (tertiary/aromatic N) is 2. The van der Waals surface area contributed by atoms with Crippen molar-refractivity contribution in [2.24, 2.45) is 0 Å². The second-order valence-electron chi connectivity index (χ2n) is 7.23. The summed E-state index contributed by atoms with van der Waals surface area (Å²) in [4.78, 5) is 53.7. The van der Waals surface area contributed by atoms with Crippen molar-refractivity contribution in [1.82, 2.24) is 10.0 Å². The average Bonchev–Trinajstić information content (AvgIpc) is 3.10. The fourth-order valence-corrected chi connectivity index (χ4v) is 6.10. The first kappa shape index (κ1) is 26.5. The molecule has 6 nitrogen and oxygen atoms in total. The first-order valence-electron chi connectivity index (χ1n) is 9.63. The zero-order chi connectivity index (χ0) is 25.6. The molecular formula is C23H10Br4Cl2N2O4. The molecule has 0 atom stereocenters. The number of hydrogen-bond acceptors (Lipinski definition) is 4. The molecule has 0 unspecified atom stereocenters. The normalized spacial score (nSPS) is 12.7. The zero-order valence-electron chi connectivity index (χ0n) is 17.1. The van der Waals surface area contributed by atoms with Crippen molar-refractivity contribution in [3.8, 4) is 0 Å². The highest BCUT2D eigenvalue weighted by Crippen LogP contribution is 2.45. The van der Waals surface area contributed by atoms with Gasteiger partial charge in [0.05, 0.1) is 11.1 Å².